The van der Waals surface area contributed by atoms with E-state index in [-0.39, 0.29) is 0 Å². The van der Waals surface area contributed by atoms with Gasteiger partial charge < -0.3 is 5.32 Å². The van der Waals surface area contributed by atoms with E-state index < -0.39 is 0 Å². The Bertz CT molecular complexity index is 332. The molecule has 2 atom stereocenters. The van der Waals surface area contributed by atoms with Gasteiger partial charge in [-0.3, -0.25) is 0 Å². The van der Waals surface area contributed by atoms with E-state index in [4.69, 9.17) is 0 Å². The molecule has 1 aromatic carbocycles. The van der Waals surface area contributed by atoms with Crippen molar-refractivity contribution in [2.45, 2.75) is 51.5 Å². The summed E-state index contributed by atoms with van der Waals surface area (Å²) in [6.07, 6.45) is 5.30. The average molecular weight is 217 g/mol. The first-order valence-electron chi connectivity index (χ1n) is 6.65. The third-order valence-electron chi connectivity index (χ3n) is 3.67. The van der Waals surface area contributed by atoms with Gasteiger partial charge in [0.25, 0.3) is 0 Å². The molecule has 0 amide bonds. The zero-order valence-electron chi connectivity index (χ0n) is 10.5. The Morgan fingerprint density at radius 2 is 1.94 bits per heavy atom. The summed E-state index contributed by atoms with van der Waals surface area (Å²) in [7, 11) is 0. The van der Waals surface area contributed by atoms with E-state index in [0.717, 1.165) is 6.54 Å². The van der Waals surface area contributed by atoms with E-state index in [1.54, 1.807) is 5.56 Å². The number of nitrogens with one attached hydrogen (secondary N) is 1. The lowest BCUT2D eigenvalue weighted by Crippen LogP contribution is -2.31. The Kier molecular flexibility index (Phi) is 4.00. The highest BCUT2D eigenvalue weighted by atomic mass is 14.9. The van der Waals surface area contributed by atoms with Crippen LogP contribution in [-0.2, 0) is 0 Å². The Hall–Kier alpha value is -0.820. The van der Waals surface area contributed by atoms with Gasteiger partial charge in [-0.15, -0.1) is 0 Å². The van der Waals surface area contributed by atoms with Crippen molar-refractivity contribution in [3.8, 4) is 0 Å². The average Bonchev–Trinajstić information content (AvgIpc) is 2.33. The maximum atomic E-state index is 3.68. The van der Waals surface area contributed by atoms with Gasteiger partial charge in [-0.05, 0) is 23.5 Å². The third kappa shape index (κ3) is 2.46. The van der Waals surface area contributed by atoms with Crippen LogP contribution in [0.4, 0.5) is 0 Å². The smallest absolute Gasteiger partial charge is 0.0323 e. The van der Waals surface area contributed by atoms with Gasteiger partial charge >= 0.3 is 0 Å². The lowest BCUT2D eigenvalue weighted by molar-refractivity contribution is 0.429. The number of benzene rings is 1. The molecule has 88 valence electrons. The molecule has 1 aliphatic rings. The number of fused-ring (bicyclic) bond motifs is 1. The molecule has 16 heavy (non-hydrogen) atoms. The fraction of sp³-hybridized carbons (Fsp3) is 0.600. The van der Waals surface area contributed by atoms with Gasteiger partial charge in [0.2, 0.25) is 0 Å². The normalized spacial score (nSPS) is 24.1. The zero-order chi connectivity index (χ0) is 11.4. The Morgan fingerprint density at radius 1 is 1.19 bits per heavy atom. The summed E-state index contributed by atoms with van der Waals surface area (Å²) in [5, 5.41) is 3.68. The lowest BCUT2D eigenvalue weighted by atomic mass is 9.86. The second-order valence-corrected chi connectivity index (χ2v) is 4.99. The second-order valence-electron chi connectivity index (χ2n) is 4.99. The highest BCUT2D eigenvalue weighted by Gasteiger charge is 2.22. The molecular weight excluding hydrogens is 194 g/mol. The maximum Gasteiger partial charge on any atom is 0.0323 e. The zero-order valence-corrected chi connectivity index (χ0v) is 10.5. The third-order valence-corrected chi connectivity index (χ3v) is 3.67. The first-order chi connectivity index (χ1) is 7.83. The van der Waals surface area contributed by atoms with E-state index >= 15 is 0 Å². The Balaban J connectivity index is 2.09. The molecule has 1 heteroatoms. The van der Waals surface area contributed by atoms with E-state index in [0.29, 0.717) is 12.0 Å². The molecule has 0 bridgehead atoms. The van der Waals surface area contributed by atoms with Crippen LogP contribution in [0.5, 0.6) is 0 Å². The molecule has 0 fully saturated rings. The first-order valence-corrected chi connectivity index (χ1v) is 6.65. The van der Waals surface area contributed by atoms with Crippen LogP contribution in [0.2, 0.25) is 0 Å². The van der Waals surface area contributed by atoms with Gasteiger partial charge in [-0.25, -0.2) is 0 Å². The molecule has 0 radical (unpaired) electrons. The molecule has 1 aromatic rings. The lowest BCUT2D eigenvalue weighted by Gasteiger charge is -2.31. The van der Waals surface area contributed by atoms with E-state index in [1.165, 1.54) is 31.2 Å². The van der Waals surface area contributed by atoms with Crippen molar-refractivity contribution in [3.05, 3.63) is 35.4 Å². The summed E-state index contributed by atoms with van der Waals surface area (Å²) in [5.41, 5.74) is 3.10. The molecule has 2 rings (SSSR count). The molecule has 0 saturated heterocycles. The molecule has 1 N–H and O–H groups in total. The highest BCUT2D eigenvalue weighted by Crippen LogP contribution is 2.32. The summed E-state index contributed by atoms with van der Waals surface area (Å²) in [4.78, 5) is 0. The molecular formula is C15H23N. The minimum absolute atomic E-state index is 0.596. The van der Waals surface area contributed by atoms with Crippen LogP contribution < -0.4 is 5.32 Å². The summed E-state index contributed by atoms with van der Waals surface area (Å²) >= 11 is 0. The van der Waals surface area contributed by atoms with Gasteiger partial charge in [-0.2, -0.15) is 0 Å². The fourth-order valence-corrected chi connectivity index (χ4v) is 2.67. The summed E-state index contributed by atoms with van der Waals surface area (Å²) in [5.74, 6) is 0.665. The standard InChI is InChI=1S/C15H23N/c1-3-4-5-10-15-14-9-7-6-8-13(14)12(2)11-16-15/h6-9,12,15-16H,3-5,10-11H2,1-2H3/t12-,15+/m0/s1. The second kappa shape index (κ2) is 5.49. The molecule has 1 heterocycles. The van der Waals surface area contributed by atoms with Gasteiger partial charge in [0, 0.05) is 12.6 Å². The molecule has 0 spiro atoms. The molecule has 0 aliphatic carbocycles. The molecule has 1 aliphatic heterocycles. The fourth-order valence-electron chi connectivity index (χ4n) is 2.67. The van der Waals surface area contributed by atoms with Crippen LogP contribution in [-0.4, -0.2) is 6.54 Å². The summed E-state index contributed by atoms with van der Waals surface area (Å²) in [6, 6.07) is 9.54. The molecule has 1 nitrogen and oxygen atoms in total. The minimum atomic E-state index is 0.596. The van der Waals surface area contributed by atoms with Crippen molar-refractivity contribution in [3.63, 3.8) is 0 Å². The van der Waals surface area contributed by atoms with Gasteiger partial charge in [0.05, 0.1) is 0 Å². The predicted molar refractivity (Wildman–Crippen MR) is 69.7 cm³/mol. The predicted octanol–water partition coefficient (Wildman–Crippen LogP) is 4.01. The van der Waals surface area contributed by atoms with E-state index in [1.807, 2.05) is 0 Å². The molecule has 0 unspecified atom stereocenters. The Morgan fingerprint density at radius 3 is 2.69 bits per heavy atom. The van der Waals surface area contributed by atoms with E-state index in [9.17, 15) is 0 Å². The summed E-state index contributed by atoms with van der Waals surface area (Å²) in [6.45, 7) is 5.71. The highest BCUT2D eigenvalue weighted by molar-refractivity contribution is 5.35. The number of rotatable bonds is 4. The number of hydrogen-bond acceptors (Lipinski definition) is 1. The van der Waals surface area contributed by atoms with E-state index in [2.05, 4.69) is 43.4 Å². The van der Waals surface area contributed by atoms with Crippen LogP contribution in [0, 0.1) is 0 Å². The van der Waals surface area contributed by atoms with Gasteiger partial charge in [-0.1, -0.05) is 57.4 Å². The van der Waals surface area contributed by atoms with Gasteiger partial charge in [0.1, 0.15) is 0 Å². The van der Waals surface area contributed by atoms with Crippen molar-refractivity contribution in [1.82, 2.24) is 5.32 Å². The van der Waals surface area contributed by atoms with Crippen LogP contribution >= 0.6 is 0 Å². The molecule has 0 aromatic heterocycles. The summed E-state index contributed by atoms with van der Waals surface area (Å²) < 4.78 is 0. The van der Waals surface area contributed by atoms with Crippen molar-refractivity contribution < 1.29 is 0 Å². The van der Waals surface area contributed by atoms with Crippen molar-refractivity contribution in [1.29, 1.82) is 0 Å². The molecule has 0 saturated carbocycles. The van der Waals surface area contributed by atoms with Crippen LogP contribution in [0.1, 0.15) is 62.6 Å². The quantitative estimate of drug-likeness (QED) is 0.751. The monoisotopic (exact) mass is 217 g/mol. The Labute approximate surface area is 99.3 Å². The number of unbranched alkanes of at least 4 members (excludes halogenated alkanes) is 2. The maximum absolute atomic E-state index is 3.68. The SMILES string of the molecule is CCCCC[C@H]1NC[C@H](C)c2ccccc21. The van der Waals surface area contributed by atoms with Crippen LogP contribution in [0.3, 0.4) is 0 Å². The van der Waals surface area contributed by atoms with Crippen molar-refractivity contribution in [2.75, 3.05) is 6.54 Å². The van der Waals surface area contributed by atoms with Crippen LogP contribution in [0.15, 0.2) is 24.3 Å². The van der Waals surface area contributed by atoms with Crippen molar-refractivity contribution >= 4 is 0 Å². The minimum Gasteiger partial charge on any atom is -0.309 e. The van der Waals surface area contributed by atoms with Crippen LogP contribution in [0.25, 0.3) is 0 Å². The van der Waals surface area contributed by atoms with Gasteiger partial charge in [0.15, 0.2) is 0 Å². The number of hydrogen-bond donors (Lipinski definition) is 1. The topological polar surface area (TPSA) is 12.0 Å². The largest absolute Gasteiger partial charge is 0.309 e. The first kappa shape index (κ1) is 11.7. The van der Waals surface area contributed by atoms with Crippen molar-refractivity contribution in [2.24, 2.45) is 0 Å².